The molecule has 0 saturated carbocycles. The Morgan fingerprint density at radius 2 is 0.530 bits per heavy atom. The van der Waals surface area contributed by atoms with E-state index in [1.54, 1.807) is 0 Å². The van der Waals surface area contributed by atoms with Crippen molar-refractivity contribution < 1.29 is 28.6 Å². The fraction of sp³-hybridized carbons (Fsp3) is 0.950. The highest BCUT2D eigenvalue weighted by molar-refractivity contribution is 5.71. The minimum Gasteiger partial charge on any atom is -0.462 e. The van der Waals surface area contributed by atoms with Crippen LogP contribution in [-0.4, -0.2) is 37.2 Å². The summed E-state index contributed by atoms with van der Waals surface area (Å²) >= 11 is 0. The van der Waals surface area contributed by atoms with E-state index >= 15 is 0 Å². The molecular weight excluding hydrogens is 817 g/mol. The Kier molecular flexibility index (Phi) is 51.5. The number of ether oxygens (including phenoxy) is 3. The summed E-state index contributed by atoms with van der Waals surface area (Å²) in [5.41, 5.74) is 0. The van der Waals surface area contributed by atoms with Gasteiger partial charge in [0.15, 0.2) is 6.10 Å². The number of carbonyl (C=O) groups excluding carboxylic acids is 3. The van der Waals surface area contributed by atoms with Crippen molar-refractivity contribution in [1.82, 2.24) is 0 Å². The molecule has 0 fully saturated rings. The number of carbonyl (C=O) groups is 3. The zero-order chi connectivity index (χ0) is 48.2. The quantitative estimate of drug-likeness (QED) is 0.0343. The molecule has 3 atom stereocenters. The van der Waals surface area contributed by atoms with Gasteiger partial charge in [-0.1, -0.05) is 298 Å². The van der Waals surface area contributed by atoms with Crippen molar-refractivity contribution in [3.05, 3.63) is 0 Å². The molecule has 2 unspecified atom stereocenters. The van der Waals surface area contributed by atoms with Gasteiger partial charge in [-0.2, -0.15) is 0 Å². The molecule has 0 aliphatic heterocycles. The molecule has 0 rings (SSSR count). The lowest BCUT2D eigenvalue weighted by Crippen LogP contribution is -2.30. The normalized spacial score (nSPS) is 12.9. The van der Waals surface area contributed by atoms with E-state index < -0.39 is 6.10 Å². The maximum Gasteiger partial charge on any atom is 0.306 e. The topological polar surface area (TPSA) is 78.9 Å². The van der Waals surface area contributed by atoms with Crippen LogP contribution < -0.4 is 0 Å². The first-order valence-electron chi connectivity index (χ1n) is 29.8. The van der Waals surface area contributed by atoms with Crippen LogP contribution in [0.1, 0.15) is 336 Å². The molecule has 0 saturated heterocycles. The summed E-state index contributed by atoms with van der Waals surface area (Å²) in [6.07, 6.45) is 56.6. The van der Waals surface area contributed by atoms with Gasteiger partial charge < -0.3 is 14.2 Å². The first-order chi connectivity index (χ1) is 32.3. The second kappa shape index (κ2) is 52.8. The van der Waals surface area contributed by atoms with Crippen LogP contribution >= 0.6 is 0 Å². The van der Waals surface area contributed by atoms with Crippen LogP contribution in [0, 0.1) is 11.8 Å². The van der Waals surface area contributed by atoms with Crippen LogP contribution in [0.4, 0.5) is 0 Å². The molecule has 0 bridgehead atoms. The van der Waals surface area contributed by atoms with E-state index in [2.05, 4.69) is 34.6 Å². The average molecular weight is 934 g/mol. The maximum atomic E-state index is 12.8. The lowest BCUT2D eigenvalue weighted by atomic mass is 9.99. The number of esters is 3. The highest BCUT2D eigenvalue weighted by Crippen LogP contribution is 2.19. The van der Waals surface area contributed by atoms with Gasteiger partial charge in [0.05, 0.1) is 0 Å². The van der Waals surface area contributed by atoms with Crippen molar-refractivity contribution in [3.8, 4) is 0 Å². The van der Waals surface area contributed by atoms with Crippen molar-refractivity contribution in [2.75, 3.05) is 13.2 Å². The Hall–Kier alpha value is -1.59. The van der Waals surface area contributed by atoms with Crippen LogP contribution in [0.3, 0.4) is 0 Å². The van der Waals surface area contributed by atoms with Gasteiger partial charge in [-0.25, -0.2) is 0 Å². The van der Waals surface area contributed by atoms with Crippen LogP contribution in [0.5, 0.6) is 0 Å². The molecule has 0 N–H and O–H groups in total. The third-order valence-corrected chi connectivity index (χ3v) is 14.4. The highest BCUT2D eigenvalue weighted by Gasteiger charge is 2.19. The number of hydrogen-bond acceptors (Lipinski definition) is 6. The molecule has 0 amide bonds. The lowest BCUT2D eigenvalue weighted by Gasteiger charge is -2.18. The molecule has 0 spiro atoms. The molecule has 0 aliphatic rings. The van der Waals surface area contributed by atoms with Gasteiger partial charge in [0.25, 0.3) is 0 Å². The Morgan fingerprint density at radius 1 is 0.303 bits per heavy atom. The van der Waals surface area contributed by atoms with Gasteiger partial charge in [0.1, 0.15) is 13.2 Å². The predicted molar refractivity (Wildman–Crippen MR) is 284 cm³/mol. The lowest BCUT2D eigenvalue weighted by molar-refractivity contribution is -0.167. The number of hydrogen-bond donors (Lipinski definition) is 0. The van der Waals surface area contributed by atoms with Crippen molar-refractivity contribution >= 4 is 17.9 Å². The van der Waals surface area contributed by atoms with E-state index in [0.29, 0.717) is 19.3 Å². The van der Waals surface area contributed by atoms with E-state index in [4.69, 9.17) is 14.2 Å². The molecule has 0 aromatic carbocycles. The molecule has 6 nitrogen and oxygen atoms in total. The van der Waals surface area contributed by atoms with Crippen molar-refractivity contribution in [2.24, 2.45) is 11.8 Å². The monoisotopic (exact) mass is 933 g/mol. The minimum absolute atomic E-state index is 0.0628. The Labute approximate surface area is 412 Å². The molecule has 0 aliphatic carbocycles. The molecule has 392 valence electrons. The van der Waals surface area contributed by atoms with Gasteiger partial charge in [-0.05, 0) is 31.1 Å². The van der Waals surface area contributed by atoms with Crippen LogP contribution in [0.25, 0.3) is 0 Å². The second-order valence-electron chi connectivity index (χ2n) is 21.1. The first-order valence-corrected chi connectivity index (χ1v) is 29.8. The minimum atomic E-state index is -0.763. The van der Waals surface area contributed by atoms with E-state index in [9.17, 15) is 14.4 Å². The smallest absolute Gasteiger partial charge is 0.306 e. The summed E-state index contributed by atoms with van der Waals surface area (Å²) in [7, 11) is 0. The summed E-state index contributed by atoms with van der Waals surface area (Å²) in [6.45, 7) is 11.5. The van der Waals surface area contributed by atoms with Crippen molar-refractivity contribution in [3.63, 3.8) is 0 Å². The summed E-state index contributed by atoms with van der Waals surface area (Å²) in [4.78, 5) is 38.1. The standard InChI is InChI=1S/C60H116O6/c1-6-9-10-11-12-13-14-15-23-27-30-37-42-47-52-60(63)66-57(54-65-59(62)51-46-41-36-32-31-34-39-44-49-56(5)8-3)53-64-58(61)50-45-40-35-29-26-24-21-19-17-16-18-20-22-25-28-33-38-43-48-55(4)7-2/h55-57H,6-54H2,1-5H3/t55?,56?,57-/m1/s1. The zero-order valence-electron chi connectivity index (χ0n) is 45.3. The second-order valence-corrected chi connectivity index (χ2v) is 21.1. The summed E-state index contributed by atoms with van der Waals surface area (Å²) in [6, 6.07) is 0. The number of rotatable bonds is 54. The third-order valence-electron chi connectivity index (χ3n) is 14.4. The van der Waals surface area contributed by atoms with Gasteiger partial charge in [-0.15, -0.1) is 0 Å². The molecule has 0 aromatic heterocycles. The van der Waals surface area contributed by atoms with E-state index in [1.807, 2.05) is 0 Å². The van der Waals surface area contributed by atoms with Crippen LogP contribution in [0.15, 0.2) is 0 Å². The Bertz CT molecular complexity index is 1010. The molecule has 66 heavy (non-hydrogen) atoms. The van der Waals surface area contributed by atoms with E-state index in [-0.39, 0.29) is 31.1 Å². The predicted octanol–water partition coefficient (Wildman–Crippen LogP) is 19.7. The van der Waals surface area contributed by atoms with Gasteiger partial charge in [0.2, 0.25) is 0 Å². The van der Waals surface area contributed by atoms with Gasteiger partial charge in [-0.3, -0.25) is 14.4 Å². The SMILES string of the molecule is CCCCCCCCCCCCCCCCC(=O)O[C@H](COC(=O)CCCCCCCCCCCCCCCCCCCCC(C)CC)COC(=O)CCCCCCCCCCC(C)CC. The largest absolute Gasteiger partial charge is 0.462 e. The number of unbranched alkanes of at least 4 members (excludes halogenated alkanes) is 37. The van der Waals surface area contributed by atoms with Gasteiger partial charge in [0, 0.05) is 19.3 Å². The van der Waals surface area contributed by atoms with Crippen LogP contribution in [0.2, 0.25) is 0 Å². The fourth-order valence-electron chi connectivity index (χ4n) is 9.16. The summed E-state index contributed by atoms with van der Waals surface area (Å²) in [5, 5.41) is 0. The molecule has 0 aromatic rings. The zero-order valence-corrected chi connectivity index (χ0v) is 45.3. The third kappa shape index (κ3) is 50.3. The maximum absolute atomic E-state index is 12.8. The van der Waals surface area contributed by atoms with E-state index in [1.165, 1.54) is 225 Å². The molecule has 6 heteroatoms. The summed E-state index contributed by atoms with van der Waals surface area (Å²) < 4.78 is 16.9. The molecule has 0 heterocycles. The first kappa shape index (κ1) is 64.4. The fourth-order valence-corrected chi connectivity index (χ4v) is 9.16. The van der Waals surface area contributed by atoms with Gasteiger partial charge >= 0.3 is 17.9 Å². The Balaban J connectivity index is 4.22. The average Bonchev–Trinajstić information content (AvgIpc) is 3.32. The van der Waals surface area contributed by atoms with Crippen molar-refractivity contribution in [2.45, 2.75) is 343 Å². The summed E-state index contributed by atoms with van der Waals surface area (Å²) in [5.74, 6) is 0.918. The molecule has 0 radical (unpaired) electrons. The van der Waals surface area contributed by atoms with Crippen LogP contribution in [-0.2, 0) is 28.6 Å². The highest BCUT2D eigenvalue weighted by atomic mass is 16.6. The van der Waals surface area contributed by atoms with E-state index in [0.717, 1.165) is 69.6 Å². The van der Waals surface area contributed by atoms with Crippen molar-refractivity contribution in [1.29, 1.82) is 0 Å². The Morgan fingerprint density at radius 3 is 0.788 bits per heavy atom. The molecular formula is C60H116O6.